The predicted molar refractivity (Wildman–Crippen MR) is 88.0 cm³/mol. The molecule has 0 heterocycles. The number of rotatable bonds is 5. The standard InChI is InChI=1S/C19H16O5/c1-3-12-22-19(21)24-17-7-5-6-16(13-17)23-18(20)15-10-8-14(4-2)9-11-15/h1,5-11,13H,4,12H2,2H3. The van der Waals surface area contributed by atoms with Gasteiger partial charge in [0.2, 0.25) is 0 Å². The summed E-state index contributed by atoms with van der Waals surface area (Å²) < 4.78 is 14.8. The Morgan fingerprint density at radius 1 is 1.04 bits per heavy atom. The van der Waals surface area contributed by atoms with E-state index in [9.17, 15) is 9.59 Å². The molecule has 0 aliphatic carbocycles. The van der Waals surface area contributed by atoms with Crippen molar-refractivity contribution in [3.05, 3.63) is 59.7 Å². The van der Waals surface area contributed by atoms with Crippen molar-refractivity contribution >= 4 is 12.1 Å². The Hall–Kier alpha value is -3.26. The first kappa shape index (κ1) is 17.1. The van der Waals surface area contributed by atoms with Crippen molar-refractivity contribution in [2.75, 3.05) is 6.61 Å². The second-order valence-corrected chi connectivity index (χ2v) is 4.76. The Kier molecular flexibility index (Phi) is 5.98. The van der Waals surface area contributed by atoms with Gasteiger partial charge in [0.05, 0.1) is 5.56 Å². The summed E-state index contributed by atoms with van der Waals surface area (Å²) in [6, 6.07) is 13.3. The average Bonchev–Trinajstić information content (AvgIpc) is 2.60. The molecule has 0 fully saturated rings. The lowest BCUT2D eigenvalue weighted by atomic mass is 10.1. The lowest BCUT2D eigenvalue weighted by molar-refractivity contribution is 0.0734. The van der Waals surface area contributed by atoms with Gasteiger partial charge in [0.25, 0.3) is 0 Å². The molecule has 0 saturated carbocycles. The van der Waals surface area contributed by atoms with Gasteiger partial charge in [-0.3, -0.25) is 0 Å². The van der Waals surface area contributed by atoms with Crippen LogP contribution in [0.2, 0.25) is 0 Å². The Labute approximate surface area is 140 Å². The number of aryl methyl sites for hydroxylation is 1. The molecule has 0 atom stereocenters. The number of hydrogen-bond acceptors (Lipinski definition) is 5. The molecule has 0 spiro atoms. The van der Waals surface area contributed by atoms with Crippen LogP contribution >= 0.6 is 0 Å². The van der Waals surface area contributed by atoms with Gasteiger partial charge in [-0.15, -0.1) is 6.42 Å². The van der Waals surface area contributed by atoms with Crippen molar-refractivity contribution < 1.29 is 23.8 Å². The molecule has 0 amide bonds. The summed E-state index contributed by atoms with van der Waals surface area (Å²) in [5.74, 6) is 2.10. The van der Waals surface area contributed by atoms with Gasteiger partial charge >= 0.3 is 12.1 Å². The molecule has 2 aromatic rings. The number of esters is 1. The summed E-state index contributed by atoms with van der Waals surface area (Å²) in [5.41, 5.74) is 1.57. The van der Waals surface area contributed by atoms with Crippen LogP contribution in [0.5, 0.6) is 11.5 Å². The van der Waals surface area contributed by atoms with Gasteiger partial charge in [-0.1, -0.05) is 31.0 Å². The van der Waals surface area contributed by atoms with Gasteiger partial charge in [-0.2, -0.15) is 0 Å². The van der Waals surface area contributed by atoms with Crippen molar-refractivity contribution in [3.8, 4) is 23.8 Å². The van der Waals surface area contributed by atoms with Gasteiger partial charge in [-0.05, 0) is 36.2 Å². The largest absolute Gasteiger partial charge is 0.514 e. The molecule has 0 aliphatic rings. The van der Waals surface area contributed by atoms with E-state index in [0.29, 0.717) is 5.56 Å². The van der Waals surface area contributed by atoms with E-state index in [1.807, 2.05) is 19.1 Å². The predicted octanol–water partition coefficient (Wildman–Crippen LogP) is 3.62. The molecule has 0 unspecified atom stereocenters. The molecule has 5 nitrogen and oxygen atoms in total. The molecule has 122 valence electrons. The minimum atomic E-state index is -0.924. The molecule has 0 aromatic heterocycles. The van der Waals surface area contributed by atoms with Crippen LogP contribution in [0, 0.1) is 12.3 Å². The smallest absolute Gasteiger partial charge is 0.423 e. The van der Waals surface area contributed by atoms with Crippen LogP contribution < -0.4 is 9.47 Å². The van der Waals surface area contributed by atoms with E-state index in [4.69, 9.17) is 15.9 Å². The molecule has 0 saturated heterocycles. The molecule has 2 aromatic carbocycles. The summed E-state index contributed by atoms with van der Waals surface area (Å²) in [6.45, 7) is 1.86. The van der Waals surface area contributed by atoms with E-state index in [1.54, 1.807) is 24.3 Å². The number of hydrogen-bond donors (Lipinski definition) is 0. The van der Waals surface area contributed by atoms with Crippen LogP contribution in [0.1, 0.15) is 22.8 Å². The van der Waals surface area contributed by atoms with Crippen LogP contribution in [0.25, 0.3) is 0 Å². The maximum atomic E-state index is 12.1. The van der Waals surface area contributed by atoms with E-state index < -0.39 is 12.1 Å². The van der Waals surface area contributed by atoms with Crippen LogP contribution in [0.15, 0.2) is 48.5 Å². The minimum Gasteiger partial charge on any atom is -0.423 e. The summed E-state index contributed by atoms with van der Waals surface area (Å²) in [4.78, 5) is 23.5. The van der Waals surface area contributed by atoms with Gasteiger partial charge in [0.15, 0.2) is 6.61 Å². The van der Waals surface area contributed by atoms with E-state index in [0.717, 1.165) is 12.0 Å². The topological polar surface area (TPSA) is 61.8 Å². The Morgan fingerprint density at radius 2 is 1.71 bits per heavy atom. The summed E-state index contributed by atoms with van der Waals surface area (Å²) in [5, 5.41) is 0. The highest BCUT2D eigenvalue weighted by Gasteiger charge is 2.11. The quantitative estimate of drug-likeness (QED) is 0.364. The third kappa shape index (κ3) is 4.89. The number of ether oxygens (including phenoxy) is 3. The zero-order valence-electron chi connectivity index (χ0n) is 13.2. The first-order valence-electron chi connectivity index (χ1n) is 7.31. The molecule has 0 N–H and O–H groups in total. The third-order valence-corrected chi connectivity index (χ3v) is 3.09. The zero-order valence-corrected chi connectivity index (χ0v) is 13.2. The highest BCUT2D eigenvalue weighted by molar-refractivity contribution is 5.91. The number of benzene rings is 2. The fourth-order valence-corrected chi connectivity index (χ4v) is 1.87. The summed E-state index contributed by atoms with van der Waals surface area (Å²) >= 11 is 0. The van der Waals surface area contributed by atoms with Crippen molar-refractivity contribution in [2.45, 2.75) is 13.3 Å². The maximum Gasteiger partial charge on any atom is 0.514 e. The normalized spacial score (nSPS) is 9.67. The molecule has 24 heavy (non-hydrogen) atoms. The lowest BCUT2D eigenvalue weighted by Crippen LogP contribution is -2.11. The molecule has 2 rings (SSSR count). The number of carbonyl (C=O) groups excluding carboxylic acids is 2. The SMILES string of the molecule is C#CCOC(=O)Oc1cccc(OC(=O)c2ccc(CC)cc2)c1. The van der Waals surface area contributed by atoms with E-state index in [1.165, 1.54) is 12.1 Å². The second-order valence-electron chi connectivity index (χ2n) is 4.76. The first-order valence-corrected chi connectivity index (χ1v) is 7.31. The van der Waals surface area contributed by atoms with Crippen molar-refractivity contribution in [1.82, 2.24) is 0 Å². The Bertz CT molecular complexity index is 756. The van der Waals surface area contributed by atoms with Crippen LogP contribution in [-0.2, 0) is 11.2 Å². The summed E-state index contributed by atoms with van der Waals surface area (Å²) in [6.07, 6.45) is 4.95. The minimum absolute atomic E-state index is 0.179. The zero-order chi connectivity index (χ0) is 17.4. The monoisotopic (exact) mass is 324 g/mol. The molecule has 0 radical (unpaired) electrons. The van der Waals surface area contributed by atoms with Gasteiger partial charge in [0, 0.05) is 6.07 Å². The van der Waals surface area contributed by atoms with Crippen LogP contribution in [0.3, 0.4) is 0 Å². The van der Waals surface area contributed by atoms with Crippen molar-refractivity contribution in [2.24, 2.45) is 0 Å². The van der Waals surface area contributed by atoms with Crippen LogP contribution in [-0.4, -0.2) is 18.7 Å². The van der Waals surface area contributed by atoms with Crippen molar-refractivity contribution in [3.63, 3.8) is 0 Å². The fraction of sp³-hybridized carbons (Fsp3) is 0.158. The van der Waals surface area contributed by atoms with Gasteiger partial charge < -0.3 is 14.2 Å². The highest BCUT2D eigenvalue weighted by Crippen LogP contribution is 2.21. The Balaban J connectivity index is 2.01. The molecule has 5 heteroatoms. The van der Waals surface area contributed by atoms with E-state index in [-0.39, 0.29) is 18.1 Å². The molecular formula is C19H16O5. The number of carbonyl (C=O) groups is 2. The van der Waals surface area contributed by atoms with E-state index in [2.05, 4.69) is 10.7 Å². The lowest BCUT2D eigenvalue weighted by Gasteiger charge is -2.07. The average molecular weight is 324 g/mol. The third-order valence-electron chi connectivity index (χ3n) is 3.09. The fourth-order valence-electron chi connectivity index (χ4n) is 1.87. The van der Waals surface area contributed by atoms with Crippen molar-refractivity contribution in [1.29, 1.82) is 0 Å². The number of terminal acetylenes is 1. The highest BCUT2D eigenvalue weighted by atomic mass is 16.7. The van der Waals surface area contributed by atoms with Crippen LogP contribution in [0.4, 0.5) is 4.79 Å². The van der Waals surface area contributed by atoms with Gasteiger partial charge in [-0.25, -0.2) is 9.59 Å². The maximum absolute atomic E-state index is 12.1. The first-order chi connectivity index (χ1) is 11.6. The Morgan fingerprint density at radius 3 is 2.33 bits per heavy atom. The molecule has 0 bridgehead atoms. The second kappa shape index (κ2) is 8.39. The molecule has 0 aliphatic heterocycles. The van der Waals surface area contributed by atoms with E-state index >= 15 is 0 Å². The molecular weight excluding hydrogens is 308 g/mol. The summed E-state index contributed by atoms with van der Waals surface area (Å²) in [7, 11) is 0. The van der Waals surface area contributed by atoms with Gasteiger partial charge in [0.1, 0.15) is 11.5 Å².